The summed E-state index contributed by atoms with van der Waals surface area (Å²) in [5.41, 5.74) is -0.380. The summed E-state index contributed by atoms with van der Waals surface area (Å²) in [4.78, 5) is 20.9. The largest absolute Gasteiger partial charge is 0.478 e. The SMILES string of the molecule is COCCNCCOC.COCCNCCOC.O=C(O)c1ccccc1C(=O)O. The van der Waals surface area contributed by atoms with Gasteiger partial charge in [-0.25, -0.2) is 9.59 Å². The molecule has 4 N–H and O–H groups in total. The fraction of sp³-hybridized carbons (Fsp3) is 0.600. The van der Waals surface area contributed by atoms with Gasteiger partial charge in [0.05, 0.1) is 37.6 Å². The molecule has 10 heteroatoms. The third-order valence-corrected chi connectivity index (χ3v) is 3.32. The van der Waals surface area contributed by atoms with Crippen molar-refractivity contribution in [2.45, 2.75) is 0 Å². The van der Waals surface area contributed by atoms with Crippen LogP contribution in [0.4, 0.5) is 0 Å². The number of ether oxygens (including phenoxy) is 4. The van der Waals surface area contributed by atoms with Crippen LogP contribution in [0.25, 0.3) is 0 Å². The minimum Gasteiger partial charge on any atom is -0.478 e. The van der Waals surface area contributed by atoms with Gasteiger partial charge in [0.15, 0.2) is 0 Å². The maximum absolute atomic E-state index is 10.5. The summed E-state index contributed by atoms with van der Waals surface area (Å²) in [6, 6.07) is 5.48. The van der Waals surface area contributed by atoms with Crippen LogP contribution in [-0.2, 0) is 18.9 Å². The van der Waals surface area contributed by atoms with E-state index in [0.29, 0.717) is 0 Å². The van der Waals surface area contributed by atoms with E-state index in [2.05, 4.69) is 10.6 Å². The van der Waals surface area contributed by atoms with E-state index < -0.39 is 11.9 Å². The quantitative estimate of drug-likeness (QED) is 0.313. The fourth-order valence-corrected chi connectivity index (χ4v) is 1.80. The first-order valence-electron chi connectivity index (χ1n) is 9.38. The molecular formula is C20H36N2O8. The molecule has 0 radical (unpaired) electrons. The topological polar surface area (TPSA) is 136 Å². The zero-order valence-corrected chi connectivity index (χ0v) is 18.3. The Morgan fingerprint density at radius 2 is 0.933 bits per heavy atom. The summed E-state index contributed by atoms with van der Waals surface area (Å²) in [5.74, 6) is -2.46. The Hall–Kier alpha value is -2.08. The van der Waals surface area contributed by atoms with Crippen LogP contribution in [0.15, 0.2) is 24.3 Å². The number of benzene rings is 1. The maximum Gasteiger partial charge on any atom is 0.336 e. The standard InChI is InChI=1S/C8H6O4.2C6H15NO2/c9-7(10)5-3-1-2-4-6(5)8(11)12;2*1-8-5-3-7-4-6-9-2/h1-4H,(H,9,10)(H,11,12);2*7H,3-6H2,1-2H3. The van der Waals surface area contributed by atoms with Crippen LogP contribution in [-0.4, -0.2) is 103 Å². The van der Waals surface area contributed by atoms with Gasteiger partial charge in [-0.15, -0.1) is 0 Å². The van der Waals surface area contributed by atoms with Crippen molar-refractivity contribution in [1.82, 2.24) is 10.6 Å². The highest BCUT2D eigenvalue weighted by atomic mass is 16.5. The lowest BCUT2D eigenvalue weighted by atomic mass is 10.1. The van der Waals surface area contributed by atoms with Gasteiger partial charge in [-0.2, -0.15) is 0 Å². The van der Waals surface area contributed by atoms with Crippen LogP contribution in [0.5, 0.6) is 0 Å². The average molecular weight is 433 g/mol. The van der Waals surface area contributed by atoms with Crippen molar-refractivity contribution in [3.8, 4) is 0 Å². The highest BCUT2D eigenvalue weighted by Crippen LogP contribution is 2.07. The van der Waals surface area contributed by atoms with Gasteiger partial charge in [0.1, 0.15) is 0 Å². The molecule has 1 aromatic rings. The van der Waals surface area contributed by atoms with E-state index in [1.165, 1.54) is 24.3 Å². The van der Waals surface area contributed by atoms with Gasteiger partial charge in [-0.05, 0) is 12.1 Å². The van der Waals surface area contributed by atoms with E-state index in [0.717, 1.165) is 52.6 Å². The molecule has 0 amide bonds. The molecule has 0 unspecified atom stereocenters. The summed E-state index contributed by atoms with van der Waals surface area (Å²) in [6.07, 6.45) is 0. The predicted molar refractivity (Wildman–Crippen MR) is 114 cm³/mol. The number of rotatable bonds is 14. The molecule has 174 valence electrons. The number of carbonyl (C=O) groups is 2. The molecule has 0 aliphatic rings. The first kappa shape index (κ1) is 30.1. The normalized spacial score (nSPS) is 9.73. The van der Waals surface area contributed by atoms with Gasteiger partial charge in [0, 0.05) is 54.6 Å². The van der Waals surface area contributed by atoms with E-state index >= 15 is 0 Å². The molecule has 0 saturated carbocycles. The second-order valence-corrected chi connectivity index (χ2v) is 5.63. The first-order chi connectivity index (χ1) is 14.5. The number of hydrogen-bond acceptors (Lipinski definition) is 8. The van der Waals surface area contributed by atoms with Crippen LogP contribution < -0.4 is 10.6 Å². The van der Waals surface area contributed by atoms with Crippen LogP contribution in [0.3, 0.4) is 0 Å². The van der Waals surface area contributed by atoms with Crippen molar-refractivity contribution in [3.63, 3.8) is 0 Å². The van der Waals surface area contributed by atoms with Crippen LogP contribution in [0, 0.1) is 0 Å². The van der Waals surface area contributed by atoms with Gasteiger partial charge < -0.3 is 39.8 Å². The predicted octanol–water partition coefficient (Wildman–Crippen LogP) is 0.821. The highest BCUT2D eigenvalue weighted by molar-refractivity contribution is 6.01. The van der Waals surface area contributed by atoms with E-state index in [9.17, 15) is 9.59 Å². The monoisotopic (exact) mass is 432 g/mol. The second kappa shape index (κ2) is 23.2. The number of nitrogens with one attached hydrogen (secondary N) is 2. The van der Waals surface area contributed by atoms with Gasteiger partial charge in [0.25, 0.3) is 0 Å². The molecule has 0 aliphatic carbocycles. The fourth-order valence-electron chi connectivity index (χ4n) is 1.80. The molecular weight excluding hydrogens is 396 g/mol. The minimum absolute atomic E-state index is 0.190. The molecule has 1 rings (SSSR count). The van der Waals surface area contributed by atoms with Crippen molar-refractivity contribution in [1.29, 1.82) is 0 Å². The van der Waals surface area contributed by atoms with Crippen molar-refractivity contribution in [2.24, 2.45) is 0 Å². The molecule has 0 spiro atoms. The number of carboxylic acids is 2. The van der Waals surface area contributed by atoms with Crippen LogP contribution in [0.2, 0.25) is 0 Å². The molecule has 0 fully saturated rings. The molecule has 0 bridgehead atoms. The second-order valence-electron chi connectivity index (χ2n) is 5.63. The van der Waals surface area contributed by atoms with Gasteiger partial charge in [-0.1, -0.05) is 12.1 Å². The summed E-state index contributed by atoms with van der Waals surface area (Å²) in [6.45, 7) is 6.68. The first-order valence-corrected chi connectivity index (χ1v) is 9.38. The molecule has 1 aromatic carbocycles. The lowest BCUT2D eigenvalue weighted by Gasteiger charge is -2.01. The van der Waals surface area contributed by atoms with Crippen molar-refractivity contribution in [3.05, 3.63) is 35.4 Å². The summed E-state index contributed by atoms with van der Waals surface area (Å²) in [7, 11) is 6.77. The van der Waals surface area contributed by atoms with Gasteiger partial charge in [0.2, 0.25) is 0 Å². The van der Waals surface area contributed by atoms with E-state index in [-0.39, 0.29) is 11.1 Å². The molecule has 0 aromatic heterocycles. The zero-order valence-electron chi connectivity index (χ0n) is 18.3. The van der Waals surface area contributed by atoms with Crippen molar-refractivity contribution in [2.75, 3.05) is 81.0 Å². The Balaban J connectivity index is 0. The third kappa shape index (κ3) is 19.2. The number of hydrogen-bond donors (Lipinski definition) is 4. The molecule has 0 atom stereocenters. The lowest BCUT2D eigenvalue weighted by molar-refractivity contribution is 0.0651. The van der Waals surface area contributed by atoms with Gasteiger partial charge in [-0.3, -0.25) is 0 Å². The highest BCUT2D eigenvalue weighted by Gasteiger charge is 2.13. The average Bonchev–Trinajstić information content (AvgIpc) is 2.74. The third-order valence-electron chi connectivity index (χ3n) is 3.32. The summed E-state index contributed by atoms with van der Waals surface area (Å²) in [5, 5.41) is 23.4. The smallest absolute Gasteiger partial charge is 0.336 e. The Morgan fingerprint density at radius 3 is 1.13 bits per heavy atom. The molecule has 30 heavy (non-hydrogen) atoms. The lowest BCUT2D eigenvalue weighted by Crippen LogP contribution is -2.23. The molecule has 0 heterocycles. The zero-order chi connectivity index (χ0) is 23.0. The molecule has 10 nitrogen and oxygen atoms in total. The number of aromatic carboxylic acids is 2. The van der Waals surface area contributed by atoms with E-state index in [1.807, 2.05) is 0 Å². The minimum atomic E-state index is -1.23. The van der Waals surface area contributed by atoms with E-state index in [4.69, 9.17) is 29.2 Å². The molecule has 0 saturated heterocycles. The van der Waals surface area contributed by atoms with Crippen LogP contribution >= 0.6 is 0 Å². The summed E-state index contributed by atoms with van der Waals surface area (Å²) < 4.78 is 19.3. The van der Waals surface area contributed by atoms with Crippen molar-refractivity contribution < 1.29 is 38.7 Å². The van der Waals surface area contributed by atoms with Gasteiger partial charge >= 0.3 is 11.9 Å². The van der Waals surface area contributed by atoms with Crippen LogP contribution in [0.1, 0.15) is 20.7 Å². The number of methoxy groups -OCH3 is 4. The Bertz CT molecular complexity index is 484. The Kier molecular flexibility index (Phi) is 23.3. The number of carboxylic acid groups (broad SMARTS) is 2. The van der Waals surface area contributed by atoms with Crippen molar-refractivity contribution >= 4 is 11.9 Å². The Labute approximate surface area is 178 Å². The molecule has 0 aliphatic heterocycles. The summed E-state index contributed by atoms with van der Waals surface area (Å²) >= 11 is 0. The van der Waals surface area contributed by atoms with E-state index in [1.54, 1.807) is 28.4 Å². The maximum atomic E-state index is 10.5. The Morgan fingerprint density at radius 1 is 0.667 bits per heavy atom.